The van der Waals surface area contributed by atoms with Gasteiger partial charge in [-0.3, -0.25) is 0 Å². The molecule has 158 valence electrons. The van der Waals surface area contributed by atoms with Crippen molar-refractivity contribution in [2.75, 3.05) is 5.32 Å². The van der Waals surface area contributed by atoms with E-state index < -0.39 is 9.84 Å². The topological polar surface area (TPSA) is 72.2 Å². The predicted octanol–water partition coefficient (Wildman–Crippen LogP) is 5.54. The minimum atomic E-state index is -3.93. The molecule has 0 saturated heterocycles. The van der Waals surface area contributed by atoms with Crippen LogP contribution in [-0.4, -0.2) is 13.4 Å². The van der Waals surface area contributed by atoms with Gasteiger partial charge in [0.15, 0.2) is 0 Å². The van der Waals surface area contributed by atoms with Gasteiger partial charge in [-0.25, -0.2) is 12.8 Å². The van der Waals surface area contributed by atoms with Crippen LogP contribution in [0.15, 0.2) is 87.1 Å². The third kappa shape index (κ3) is 4.51. The molecule has 0 aliphatic heterocycles. The van der Waals surface area contributed by atoms with E-state index in [-0.39, 0.29) is 34.1 Å². The largest absolute Gasteiger partial charge is 0.419 e. The fourth-order valence-corrected chi connectivity index (χ4v) is 4.48. The average Bonchev–Trinajstić information content (AvgIpc) is 3.19. The van der Waals surface area contributed by atoms with Crippen LogP contribution < -0.4 is 5.32 Å². The standard InChI is InChI=1S/C24H21FN2O3S/c1-16-6-10-19(11-7-16)22-27-24(31(28,29)21-5-3-4-17(2)14-21)23(30-22)26-15-18-8-12-20(25)13-9-18/h3-14,26H,15H2,1-2H3. The van der Waals surface area contributed by atoms with Crippen LogP contribution in [0.25, 0.3) is 11.5 Å². The van der Waals surface area contributed by atoms with Gasteiger partial charge in [-0.05, 0) is 61.4 Å². The van der Waals surface area contributed by atoms with Crippen molar-refractivity contribution in [3.05, 3.63) is 95.3 Å². The summed E-state index contributed by atoms with van der Waals surface area (Å²) in [6.45, 7) is 4.04. The highest BCUT2D eigenvalue weighted by Gasteiger charge is 2.28. The van der Waals surface area contributed by atoms with Gasteiger partial charge < -0.3 is 9.73 Å². The van der Waals surface area contributed by atoms with Crippen LogP contribution >= 0.6 is 0 Å². The lowest BCUT2D eigenvalue weighted by atomic mass is 10.1. The lowest BCUT2D eigenvalue weighted by molar-refractivity contribution is 0.576. The molecule has 1 N–H and O–H groups in total. The molecule has 4 rings (SSSR count). The maximum Gasteiger partial charge on any atom is 0.234 e. The number of nitrogens with one attached hydrogen (secondary N) is 1. The van der Waals surface area contributed by atoms with Gasteiger partial charge in [0.2, 0.25) is 26.6 Å². The van der Waals surface area contributed by atoms with Gasteiger partial charge in [-0.1, -0.05) is 42.0 Å². The van der Waals surface area contributed by atoms with E-state index in [4.69, 9.17) is 4.42 Å². The first-order chi connectivity index (χ1) is 14.8. The van der Waals surface area contributed by atoms with Crippen LogP contribution in [0.3, 0.4) is 0 Å². The van der Waals surface area contributed by atoms with Crippen molar-refractivity contribution in [1.29, 1.82) is 0 Å². The summed E-state index contributed by atoms with van der Waals surface area (Å²) in [5.41, 5.74) is 3.33. The van der Waals surface area contributed by atoms with E-state index in [0.29, 0.717) is 5.56 Å². The van der Waals surface area contributed by atoms with Crippen LogP contribution in [-0.2, 0) is 16.4 Å². The van der Waals surface area contributed by atoms with Crippen molar-refractivity contribution in [3.8, 4) is 11.5 Å². The van der Waals surface area contributed by atoms with Crippen molar-refractivity contribution >= 4 is 15.7 Å². The molecule has 0 aliphatic carbocycles. The summed E-state index contributed by atoms with van der Waals surface area (Å²) < 4.78 is 45.7. The summed E-state index contributed by atoms with van der Waals surface area (Å²) in [5, 5.41) is 2.83. The highest BCUT2D eigenvalue weighted by Crippen LogP contribution is 2.33. The molecule has 31 heavy (non-hydrogen) atoms. The molecule has 0 atom stereocenters. The van der Waals surface area contributed by atoms with Gasteiger partial charge in [-0.2, -0.15) is 4.98 Å². The zero-order chi connectivity index (χ0) is 22.0. The van der Waals surface area contributed by atoms with Crippen molar-refractivity contribution in [2.45, 2.75) is 30.3 Å². The molecule has 0 saturated carbocycles. The Morgan fingerprint density at radius 3 is 2.32 bits per heavy atom. The van der Waals surface area contributed by atoms with Gasteiger partial charge in [0.05, 0.1) is 4.90 Å². The Bertz CT molecular complexity index is 1310. The third-order valence-corrected chi connectivity index (χ3v) is 6.48. The summed E-state index contributed by atoms with van der Waals surface area (Å²) in [5.74, 6) is -0.0953. The zero-order valence-electron chi connectivity index (χ0n) is 17.1. The van der Waals surface area contributed by atoms with E-state index in [9.17, 15) is 12.8 Å². The number of oxazole rings is 1. The first kappa shape index (κ1) is 20.8. The molecule has 1 aromatic heterocycles. The zero-order valence-corrected chi connectivity index (χ0v) is 17.9. The van der Waals surface area contributed by atoms with Crippen LogP contribution in [0.5, 0.6) is 0 Å². The second kappa shape index (κ2) is 8.35. The lowest BCUT2D eigenvalue weighted by Gasteiger charge is -2.07. The number of nitrogens with zero attached hydrogens (tertiary/aromatic N) is 1. The Labute approximate surface area is 180 Å². The van der Waals surface area contributed by atoms with Crippen LogP contribution in [0.1, 0.15) is 16.7 Å². The second-order valence-electron chi connectivity index (χ2n) is 7.32. The van der Waals surface area contributed by atoms with Gasteiger partial charge in [0.25, 0.3) is 0 Å². The van der Waals surface area contributed by atoms with E-state index in [1.807, 2.05) is 44.2 Å². The molecular formula is C24H21FN2O3S. The number of hydrogen-bond acceptors (Lipinski definition) is 5. The average molecular weight is 437 g/mol. The van der Waals surface area contributed by atoms with E-state index in [0.717, 1.165) is 16.7 Å². The Kier molecular flexibility index (Phi) is 5.61. The molecule has 0 bridgehead atoms. The molecule has 5 nitrogen and oxygen atoms in total. The molecule has 7 heteroatoms. The summed E-state index contributed by atoms with van der Waals surface area (Å²) in [6.07, 6.45) is 0. The van der Waals surface area contributed by atoms with Crippen LogP contribution in [0.4, 0.5) is 10.3 Å². The molecule has 0 radical (unpaired) electrons. The summed E-state index contributed by atoms with van der Waals surface area (Å²) in [6, 6.07) is 20.0. The van der Waals surface area contributed by atoms with Crippen molar-refractivity contribution in [3.63, 3.8) is 0 Å². The number of aromatic nitrogens is 1. The molecule has 0 amide bonds. The molecule has 3 aromatic carbocycles. The van der Waals surface area contributed by atoms with Gasteiger partial charge in [0, 0.05) is 12.1 Å². The highest BCUT2D eigenvalue weighted by atomic mass is 32.2. The smallest absolute Gasteiger partial charge is 0.234 e. The molecule has 0 unspecified atom stereocenters. The predicted molar refractivity (Wildman–Crippen MR) is 117 cm³/mol. The Balaban J connectivity index is 1.76. The van der Waals surface area contributed by atoms with Crippen molar-refractivity contribution in [1.82, 2.24) is 4.98 Å². The van der Waals surface area contributed by atoms with Crippen molar-refractivity contribution in [2.24, 2.45) is 0 Å². The van der Waals surface area contributed by atoms with Crippen LogP contribution in [0.2, 0.25) is 0 Å². The monoisotopic (exact) mass is 436 g/mol. The normalized spacial score (nSPS) is 11.5. The third-order valence-electron chi connectivity index (χ3n) is 4.82. The summed E-state index contributed by atoms with van der Waals surface area (Å²) >= 11 is 0. The molecule has 0 aliphatic rings. The first-order valence-corrected chi connectivity index (χ1v) is 11.2. The van der Waals surface area contributed by atoms with Gasteiger partial charge >= 0.3 is 0 Å². The Morgan fingerprint density at radius 1 is 0.935 bits per heavy atom. The molecule has 0 fully saturated rings. The number of benzene rings is 3. The highest BCUT2D eigenvalue weighted by molar-refractivity contribution is 7.91. The SMILES string of the molecule is Cc1ccc(-c2nc(S(=O)(=O)c3cccc(C)c3)c(NCc3ccc(F)cc3)o2)cc1. The van der Waals surface area contributed by atoms with Gasteiger partial charge in [0.1, 0.15) is 5.82 Å². The molecule has 4 aromatic rings. The number of aryl methyl sites for hydroxylation is 2. The maximum atomic E-state index is 13.3. The number of sulfone groups is 1. The van der Waals surface area contributed by atoms with Crippen molar-refractivity contribution < 1.29 is 17.2 Å². The summed E-state index contributed by atoms with van der Waals surface area (Å²) in [4.78, 5) is 4.48. The maximum absolute atomic E-state index is 13.3. The fraction of sp³-hybridized carbons (Fsp3) is 0.125. The number of anilines is 1. The number of halogens is 1. The van der Waals surface area contributed by atoms with E-state index in [2.05, 4.69) is 10.3 Å². The Hall–Kier alpha value is -3.45. The quantitative estimate of drug-likeness (QED) is 0.429. The summed E-state index contributed by atoms with van der Waals surface area (Å²) in [7, 11) is -3.93. The number of hydrogen-bond donors (Lipinski definition) is 1. The minimum absolute atomic E-state index is 0.0430. The van der Waals surface area contributed by atoms with Gasteiger partial charge in [-0.15, -0.1) is 0 Å². The van der Waals surface area contributed by atoms with E-state index >= 15 is 0 Å². The molecule has 1 heterocycles. The van der Waals surface area contributed by atoms with E-state index in [1.165, 1.54) is 18.2 Å². The van der Waals surface area contributed by atoms with Crippen LogP contribution in [0, 0.1) is 19.7 Å². The molecular weight excluding hydrogens is 415 g/mol. The van der Waals surface area contributed by atoms with E-state index in [1.54, 1.807) is 24.3 Å². The minimum Gasteiger partial charge on any atom is -0.419 e. The first-order valence-electron chi connectivity index (χ1n) is 9.71. The Morgan fingerprint density at radius 2 is 1.65 bits per heavy atom. The molecule has 0 spiro atoms. The fourth-order valence-electron chi connectivity index (χ4n) is 3.10. The number of rotatable bonds is 6. The lowest BCUT2D eigenvalue weighted by Crippen LogP contribution is -2.07. The second-order valence-corrected chi connectivity index (χ2v) is 9.18.